The number of rotatable bonds is 2. The van der Waals surface area contributed by atoms with Crippen LogP contribution < -0.4 is 0 Å². The predicted octanol–water partition coefficient (Wildman–Crippen LogP) is 2.62. The minimum absolute atomic E-state index is 0.521. The predicted molar refractivity (Wildman–Crippen MR) is 49.9 cm³/mol. The van der Waals surface area contributed by atoms with E-state index in [-0.39, 0.29) is 0 Å². The van der Waals surface area contributed by atoms with Crippen LogP contribution in [0.3, 0.4) is 0 Å². The number of benzene rings is 1. The van der Waals surface area contributed by atoms with Crippen molar-refractivity contribution in [3.05, 3.63) is 34.9 Å². The Labute approximate surface area is 73.6 Å². The molecular weight excluding hydrogens is 146 g/mol. The van der Waals surface area contributed by atoms with E-state index in [0.29, 0.717) is 6.42 Å². The van der Waals surface area contributed by atoms with Crippen molar-refractivity contribution in [1.82, 2.24) is 0 Å². The first kappa shape index (κ1) is 8.80. The van der Waals surface area contributed by atoms with Crippen LogP contribution in [-0.2, 0) is 12.8 Å². The highest BCUT2D eigenvalue weighted by Gasteiger charge is 1.97. The van der Waals surface area contributed by atoms with Crippen LogP contribution in [0.2, 0.25) is 0 Å². The smallest absolute Gasteiger partial charge is 0.0669 e. The average Bonchev–Trinajstić information content (AvgIpc) is 2.09. The second-order valence-corrected chi connectivity index (χ2v) is 2.95. The van der Waals surface area contributed by atoms with Crippen LogP contribution in [0.4, 0.5) is 0 Å². The summed E-state index contributed by atoms with van der Waals surface area (Å²) >= 11 is 0. The van der Waals surface area contributed by atoms with E-state index < -0.39 is 0 Å². The zero-order valence-corrected chi connectivity index (χ0v) is 7.59. The Morgan fingerprint density at radius 1 is 1.42 bits per heavy atom. The summed E-state index contributed by atoms with van der Waals surface area (Å²) in [5.41, 5.74) is 3.79. The molecule has 0 aliphatic heterocycles. The van der Waals surface area contributed by atoms with Crippen molar-refractivity contribution >= 4 is 0 Å². The van der Waals surface area contributed by atoms with E-state index >= 15 is 0 Å². The van der Waals surface area contributed by atoms with E-state index in [1.165, 1.54) is 11.1 Å². The van der Waals surface area contributed by atoms with Gasteiger partial charge in [0.1, 0.15) is 0 Å². The molecule has 0 heterocycles. The maximum Gasteiger partial charge on any atom is 0.0669 e. The summed E-state index contributed by atoms with van der Waals surface area (Å²) in [6.45, 7) is 4.24. The summed E-state index contributed by atoms with van der Waals surface area (Å²) in [7, 11) is 0. The molecule has 0 unspecified atom stereocenters. The van der Waals surface area contributed by atoms with Gasteiger partial charge < -0.3 is 0 Å². The maximum absolute atomic E-state index is 8.50. The molecule has 0 amide bonds. The third-order valence-corrected chi connectivity index (χ3v) is 2.08. The standard InChI is InChI=1S/C11H13N/c1-3-11-8-10(6-7-12)5-4-9(11)2/h4-5,8H,3,6H2,1-2H3. The topological polar surface area (TPSA) is 23.8 Å². The summed E-state index contributed by atoms with van der Waals surface area (Å²) in [6, 6.07) is 8.39. The Hall–Kier alpha value is -1.29. The minimum atomic E-state index is 0.521. The van der Waals surface area contributed by atoms with Gasteiger partial charge in [-0.2, -0.15) is 5.26 Å². The molecule has 0 aliphatic rings. The van der Waals surface area contributed by atoms with Gasteiger partial charge >= 0.3 is 0 Å². The molecule has 0 spiro atoms. The maximum atomic E-state index is 8.50. The van der Waals surface area contributed by atoms with Crippen molar-refractivity contribution in [3.8, 4) is 6.07 Å². The molecule has 0 saturated heterocycles. The van der Waals surface area contributed by atoms with Crippen LogP contribution >= 0.6 is 0 Å². The highest BCUT2D eigenvalue weighted by molar-refractivity contribution is 5.32. The quantitative estimate of drug-likeness (QED) is 0.650. The number of nitrogens with zero attached hydrogens (tertiary/aromatic N) is 1. The molecule has 0 aromatic heterocycles. The number of hydrogen-bond acceptors (Lipinski definition) is 1. The molecule has 0 aliphatic carbocycles. The average molecular weight is 159 g/mol. The summed E-state index contributed by atoms with van der Waals surface area (Å²) in [5.74, 6) is 0. The van der Waals surface area contributed by atoms with E-state index in [1.54, 1.807) is 0 Å². The van der Waals surface area contributed by atoms with Crippen LogP contribution in [-0.4, -0.2) is 0 Å². The molecule has 0 bridgehead atoms. The van der Waals surface area contributed by atoms with Crippen molar-refractivity contribution in [2.75, 3.05) is 0 Å². The van der Waals surface area contributed by atoms with Gasteiger partial charge in [0.2, 0.25) is 0 Å². The molecule has 62 valence electrons. The van der Waals surface area contributed by atoms with Gasteiger partial charge in [-0.1, -0.05) is 25.1 Å². The van der Waals surface area contributed by atoms with Crippen molar-refractivity contribution in [1.29, 1.82) is 5.26 Å². The van der Waals surface area contributed by atoms with Crippen molar-refractivity contribution in [3.63, 3.8) is 0 Å². The first-order valence-electron chi connectivity index (χ1n) is 4.23. The van der Waals surface area contributed by atoms with Crippen LogP contribution in [0.15, 0.2) is 18.2 Å². The van der Waals surface area contributed by atoms with Crippen LogP contribution in [0.1, 0.15) is 23.6 Å². The number of hydrogen-bond donors (Lipinski definition) is 0. The molecule has 0 fully saturated rings. The lowest BCUT2D eigenvalue weighted by atomic mass is 10.0. The van der Waals surface area contributed by atoms with Gasteiger partial charge in [0.05, 0.1) is 12.5 Å². The van der Waals surface area contributed by atoms with Gasteiger partial charge in [-0.15, -0.1) is 0 Å². The lowest BCUT2D eigenvalue weighted by molar-refractivity contribution is 1.09. The van der Waals surface area contributed by atoms with Crippen molar-refractivity contribution in [2.45, 2.75) is 26.7 Å². The Morgan fingerprint density at radius 2 is 2.17 bits per heavy atom. The van der Waals surface area contributed by atoms with Crippen molar-refractivity contribution in [2.24, 2.45) is 0 Å². The first-order chi connectivity index (χ1) is 5.77. The summed E-state index contributed by atoms with van der Waals surface area (Å²) < 4.78 is 0. The van der Waals surface area contributed by atoms with Crippen LogP contribution in [0.5, 0.6) is 0 Å². The van der Waals surface area contributed by atoms with Gasteiger partial charge in [-0.25, -0.2) is 0 Å². The highest BCUT2D eigenvalue weighted by Crippen LogP contribution is 2.11. The second kappa shape index (κ2) is 3.92. The minimum Gasteiger partial charge on any atom is -0.198 e. The fourth-order valence-corrected chi connectivity index (χ4v) is 1.31. The lowest BCUT2D eigenvalue weighted by Gasteiger charge is -2.03. The molecule has 1 aromatic rings. The van der Waals surface area contributed by atoms with Gasteiger partial charge in [0.15, 0.2) is 0 Å². The number of nitriles is 1. The lowest BCUT2D eigenvalue weighted by Crippen LogP contribution is -1.89. The third kappa shape index (κ3) is 1.85. The van der Waals surface area contributed by atoms with Gasteiger partial charge in [0.25, 0.3) is 0 Å². The van der Waals surface area contributed by atoms with E-state index in [0.717, 1.165) is 12.0 Å². The van der Waals surface area contributed by atoms with E-state index in [1.807, 2.05) is 6.07 Å². The molecule has 1 nitrogen and oxygen atoms in total. The zero-order chi connectivity index (χ0) is 8.97. The SMILES string of the molecule is CCc1cc(CC#N)ccc1C. The van der Waals surface area contributed by atoms with E-state index in [4.69, 9.17) is 5.26 Å². The molecule has 12 heavy (non-hydrogen) atoms. The second-order valence-electron chi connectivity index (χ2n) is 2.95. The van der Waals surface area contributed by atoms with Crippen molar-refractivity contribution < 1.29 is 0 Å². The first-order valence-corrected chi connectivity index (χ1v) is 4.23. The molecular formula is C11H13N. The summed E-state index contributed by atoms with van der Waals surface area (Å²) in [5, 5.41) is 8.50. The monoisotopic (exact) mass is 159 g/mol. The molecule has 1 aromatic carbocycles. The molecule has 0 atom stereocenters. The third-order valence-electron chi connectivity index (χ3n) is 2.08. The summed E-state index contributed by atoms with van der Waals surface area (Å²) in [6.07, 6.45) is 1.57. The Morgan fingerprint density at radius 3 is 2.75 bits per heavy atom. The van der Waals surface area contributed by atoms with Crippen LogP contribution in [0.25, 0.3) is 0 Å². The molecule has 0 saturated carbocycles. The van der Waals surface area contributed by atoms with E-state index in [2.05, 4.69) is 32.0 Å². The Balaban J connectivity index is 2.98. The largest absolute Gasteiger partial charge is 0.198 e. The van der Waals surface area contributed by atoms with E-state index in [9.17, 15) is 0 Å². The molecule has 1 rings (SSSR count). The normalized spacial score (nSPS) is 9.42. The fraction of sp³-hybridized carbons (Fsp3) is 0.364. The molecule has 0 radical (unpaired) electrons. The number of aryl methyl sites for hydroxylation is 2. The van der Waals surface area contributed by atoms with Gasteiger partial charge in [-0.3, -0.25) is 0 Å². The Kier molecular flexibility index (Phi) is 2.88. The summed E-state index contributed by atoms with van der Waals surface area (Å²) in [4.78, 5) is 0. The zero-order valence-electron chi connectivity index (χ0n) is 7.59. The van der Waals surface area contributed by atoms with Crippen LogP contribution in [0, 0.1) is 18.3 Å². The highest BCUT2D eigenvalue weighted by atomic mass is 14.2. The van der Waals surface area contributed by atoms with Gasteiger partial charge in [0, 0.05) is 0 Å². The van der Waals surface area contributed by atoms with Gasteiger partial charge in [-0.05, 0) is 30.0 Å². The Bertz CT molecular complexity index is 307. The molecule has 1 heteroatoms. The fourth-order valence-electron chi connectivity index (χ4n) is 1.31. The molecule has 0 N–H and O–H groups in total.